The number of nitrogens with one attached hydrogen (secondary N) is 1. The Bertz CT molecular complexity index is 677. The average Bonchev–Trinajstić information content (AvgIpc) is 2.88. The molecule has 0 unspecified atom stereocenters. The number of amides is 1. The topological polar surface area (TPSA) is 65.4 Å². The SMILES string of the molecule is COc1ccc(OC)c(-c2cc(C(=O)NC(C)C)nn2C)c1. The molecule has 0 fully saturated rings. The summed E-state index contributed by atoms with van der Waals surface area (Å²) in [4.78, 5) is 12.1. The molecule has 22 heavy (non-hydrogen) atoms. The van der Waals surface area contributed by atoms with E-state index in [9.17, 15) is 4.79 Å². The molecule has 0 aliphatic heterocycles. The summed E-state index contributed by atoms with van der Waals surface area (Å²) in [5.41, 5.74) is 1.97. The number of aromatic nitrogens is 2. The standard InChI is InChI=1S/C16H21N3O3/c1-10(2)17-16(20)13-9-14(19(3)18-13)12-8-11(21-4)6-7-15(12)22-5/h6-10H,1-5H3,(H,17,20). The van der Waals surface area contributed by atoms with E-state index in [2.05, 4.69) is 10.4 Å². The largest absolute Gasteiger partial charge is 0.497 e. The lowest BCUT2D eigenvalue weighted by atomic mass is 10.1. The Morgan fingerprint density at radius 3 is 2.55 bits per heavy atom. The molecule has 0 bridgehead atoms. The maximum absolute atomic E-state index is 12.1. The lowest BCUT2D eigenvalue weighted by Gasteiger charge is -2.10. The van der Waals surface area contributed by atoms with Crippen molar-refractivity contribution in [3.05, 3.63) is 30.0 Å². The third-order valence-electron chi connectivity index (χ3n) is 3.21. The highest BCUT2D eigenvalue weighted by Crippen LogP contribution is 2.33. The van der Waals surface area contributed by atoms with Gasteiger partial charge in [0.2, 0.25) is 0 Å². The van der Waals surface area contributed by atoms with Crippen LogP contribution in [0, 0.1) is 0 Å². The summed E-state index contributed by atoms with van der Waals surface area (Å²) in [6.07, 6.45) is 0. The number of aryl methyl sites for hydroxylation is 1. The summed E-state index contributed by atoms with van der Waals surface area (Å²) in [6, 6.07) is 7.32. The van der Waals surface area contributed by atoms with E-state index >= 15 is 0 Å². The highest BCUT2D eigenvalue weighted by atomic mass is 16.5. The number of rotatable bonds is 5. The normalized spacial score (nSPS) is 10.6. The predicted molar refractivity (Wildman–Crippen MR) is 84.4 cm³/mol. The van der Waals surface area contributed by atoms with Gasteiger partial charge in [-0.25, -0.2) is 0 Å². The number of hydrogen-bond donors (Lipinski definition) is 1. The number of carbonyl (C=O) groups excluding carboxylic acids is 1. The fraction of sp³-hybridized carbons (Fsp3) is 0.375. The monoisotopic (exact) mass is 303 g/mol. The van der Waals surface area contributed by atoms with Crippen molar-refractivity contribution in [1.82, 2.24) is 15.1 Å². The summed E-state index contributed by atoms with van der Waals surface area (Å²) in [6.45, 7) is 3.82. The van der Waals surface area contributed by atoms with Crippen LogP contribution in [-0.4, -0.2) is 35.9 Å². The molecule has 0 saturated heterocycles. The van der Waals surface area contributed by atoms with Crippen LogP contribution < -0.4 is 14.8 Å². The van der Waals surface area contributed by atoms with Gasteiger partial charge >= 0.3 is 0 Å². The molecule has 0 aliphatic carbocycles. The zero-order valence-electron chi connectivity index (χ0n) is 13.5. The van der Waals surface area contributed by atoms with Crippen molar-refractivity contribution in [1.29, 1.82) is 0 Å². The summed E-state index contributed by atoms with van der Waals surface area (Å²) < 4.78 is 12.3. The molecule has 6 nitrogen and oxygen atoms in total. The van der Waals surface area contributed by atoms with E-state index in [4.69, 9.17) is 9.47 Å². The Kier molecular flexibility index (Phi) is 4.70. The molecule has 118 valence electrons. The second-order valence-corrected chi connectivity index (χ2v) is 5.23. The summed E-state index contributed by atoms with van der Waals surface area (Å²) in [5.74, 6) is 1.21. The van der Waals surface area contributed by atoms with Crippen molar-refractivity contribution in [2.24, 2.45) is 7.05 Å². The molecule has 0 radical (unpaired) electrons. The first-order valence-corrected chi connectivity index (χ1v) is 7.03. The minimum Gasteiger partial charge on any atom is -0.497 e. The van der Waals surface area contributed by atoms with Crippen molar-refractivity contribution in [3.8, 4) is 22.8 Å². The average molecular weight is 303 g/mol. The molecule has 0 atom stereocenters. The van der Waals surface area contributed by atoms with E-state index in [1.165, 1.54) is 0 Å². The molecular formula is C16H21N3O3. The number of benzene rings is 1. The Balaban J connectivity index is 2.45. The quantitative estimate of drug-likeness (QED) is 0.920. The molecule has 1 N–H and O–H groups in total. The van der Waals surface area contributed by atoms with Crippen molar-refractivity contribution < 1.29 is 14.3 Å². The van der Waals surface area contributed by atoms with Crippen molar-refractivity contribution in [2.45, 2.75) is 19.9 Å². The van der Waals surface area contributed by atoms with Gasteiger partial charge in [-0.2, -0.15) is 5.10 Å². The van der Waals surface area contributed by atoms with Crippen molar-refractivity contribution in [2.75, 3.05) is 14.2 Å². The Labute approximate surface area is 130 Å². The van der Waals surface area contributed by atoms with E-state index < -0.39 is 0 Å². The smallest absolute Gasteiger partial charge is 0.271 e. The number of methoxy groups -OCH3 is 2. The molecule has 1 aromatic carbocycles. The first-order chi connectivity index (χ1) is 10.5. The number of carbonyl (C=O) groups is 1. The first-order valence-electron chi connectivity index (χ1n) is 7.03. The second kappa shape index (κ2) is 6.51. The molecule has 0 saturated carbocycles. The minimum atomic E-state index is -0.196. The van der Waals surface area contributed by atoms with E-state index in [1.807, 2.05) is 32.0 Å². The molecular weight excluding hydrogens is 282 g/mol. The van der Waals surface area contributed by atoms with Gasteiger partial charge in [0.05, 0.1) is 19.9 Å². The van der Waals surface area contributed by atoms with Crippen LogP contribution in [0.1, 0.15) is 24.3 Å². The minimum absolute atomic E-state index is 0.0595. The number of ether oxygens (including phenoxy) is 2. The molecule has 2 aromatic rings. The van der Waals surface area contributed by atoms with Gasteiger partial charge in [-0.1, -0.05) is 0 Å². The Hall–Kier alpha value is -2.50. The van der Waals surface area contributed by atoms with Crippen LogP contribution in [0.25, 0.3) is 11.3 Å². The maximum Gasteiger partial charge on any atom is 0.271 e. The van der Waals surface area contributed by atoms with E-state index in [0.29, 0.717) is 17.2 Å². The van der Waals surface area contributed by atoms with Crippen LogP contribution >= 0.6 is 0 Å². The van der Waals surface area contributed by atoms with Crippen molar-refractivity contribution in [3.63, 3.8) is 0 Å². The van der Waals surface area contributed by atoms with Gasteiger partial charge in [0.25, 0.3) is 5.91 Å². The van der Waals surface area contributed by atoms with Crippen LogP contribution in [0.5, 0.6) is 11.5 Å². The predicted octanol–water partition coefficient (Wildman–Crippen LogP) is 2.24. The summed E-state index contributed by atoms with van der Waals surface area (Å²) in [7, 11) is 5.00. The summed E-state index contributed by atoms with van der Waals surface area (Å²) >= 11 is 0. The fourth-order valence-corrected chi connectivity index (χ4v) is 2.18. The first kappa shape index (κ1) is 15.9. The lowest BCUT2D eigenvalue weighted by molar-refractivity contribution is 0.0937. The zero-order chi connectivity index (χ0) is 16.3. The second-order valence-electron chi connectivity index (χ2n) is 5.23. The molecule has 0 spiro atoms. The fourth-order valence-electron chi connectivity index (χ4n) is 2.18. The van der Waals surface area contributed by atoms with Gasteiger partial charge in [0, 0.05) is 18.7 Å². The zero-order valence-corrected chi connectivity index (χ0v) is 13.5. The lowest BCUT2D eigenvalue weighted by Crippen LogP contribution is -2.30. The van der Waals surface area contributed by atoms with Gasteiger partial charge in [-0.15, -0.1) is 0 Å². The van der Waals surface area contributed by atoms with Gasteiger partial charge in [0.15, 0.2) is 5.69 Å². The molecule has 1 amide bonds. The van der Waals surface area contributed by atoms with Crippen LogP contribution in [0.15, 0.2) is 24.3 Å². The molecule has 0 aliphatic rings. The molecule has 1 heterocycles. The molecule has 6 heteroatoms. The van der Waals surface area contributed by atoms with Crippen molar-refractivity contribution >= 4 is 5.91 Å². The third-order valence-corrected chi connectivity index (χ3v) is 3.21. The van der Waals surface area contributed by atoms with Crippen LogP contribution in [0.4, 0.5) is 0 Å². The van der Waals surface area contributed by atoms with Gasteiger partial charge < -0.3 is 14.8 Å². The highest BCUT2D eigenvalue weighted by molar-refractivity contribution is 5.93. The number of hydrogen-bond acceptors (Lipinski definition) is 4. The third kappa shape index (κ3) is 3.21. The molecule has 1 aromatic heterocycles. The summed E-state index contributed by atoms with van der Waals surface area (Å²) in [5, 5.41) is 7.11. The van der Waals surface area contributed by atoms with E-state index in [1.54, 1.807) is 32.0 Å². The van der Waals surface area contributed by atoms with E-state index in [0.717, 1.165) is 11.3 Å². The van der Waals surface area contributed by atoms with E-state index in [-0.39, 0.29) is 11.9 Å². The Morgan fingerprint density at radius 2 is 1.95 bits per heavy atom. The van der Waals surface area contributed by atoms with Crippen LogP contribution in [-0.2, 0) is 7.05 Å². The maximum atomic E-state index is 12.1. The highest BCUT2D eigenvalue weighted by Gasteiger charge is 2.17. The Morgan fingerprint density at radius 1 is 1.23 bits per heavy atom. The molecule has 2 rings (SSSR count). The van der Waals surface area contributed by atoms with Crippen LogP contribution in [0.3, 0.4) is 0 Å². The number of nitrogens with zero attached hydrogens (tertiary/aromatic N) is 2. The van der Waals surface area contributed by atoms with Gasteiger partial charge in [-0.05, 0) is 38.1 Å². The van der Waals surface area contributed by atoms with Gasteiger partial charge in [0.1, 0.15) is 11.5 Å². The van der Waals surface area contributed by atoms with Gasteiger partial charge in [-0.3, -0.25) is 9.48 Å². The van der Waals surface area contributed by atoms with Crippen LogP contribution in [0.2, 0.25) is 0 Å².